The fraction of sp³-hybridized carbons (Fsp3) is 1.00. The minimum atomic E-state index is -2.18. The van der Waals surface area contributed by atoms with Gasteiger partial charge in [0.15, 0.2) is 7.29 Å². The van der Waals surface area contributed by atoms with Crippen molar-refractivity contribution in [3.05, 3.63) is 0 Å². The van der Waals surface area contributed by atoms with Crippen LogP contribution >= 0.6 is 13.7 Å². The molecule has 1 aliphatic heterocycles. The monoisotopic (exact) mass is 269 g/mol. The van der Waals surface area contributed by atoms with Crippen molar-refractivity contribution in [3.8, 4) is 0 Å². The molecule has 3 nitrogen and oxygen atoms in total. The highest BCUT2D eigenvalue weighted by molar-refractivity contribution is 8.13. The third-order valence-corrected chi connectivity index (χ3v) is 12.2. The Morgan fingerprint density at radius 3 is 2.60 bits per heavy atom. The van der Waals surface area contributed by atoms with Gasteiger partial charge in [0.2, 0.25) is 0 Å². The van der Waals surface area contributed by atoms with Crippen molar-refractivity contribution < 1.29 is 9.09 Å². The number of nitrogens with zero attached hydrogens (tertiary/aromatic N) is 1. The average molecular weight is 269 g/mol. The Kier molecular flexibility index (Phi) is 5.01. The molecule has 0 saturated carbocycles. The Balaban J connectivity index is 2.94. The van der Waals surface area contributed by atoms with Crippen LogP contribution in [0.3, 0.4) is 0 Å². The minimum Gasteiger partial charge on any atom is -0.338 e. The molecular weight excluding hydrogens is 248 g/mol. The van der Waals surface area contributed by atoms with Gasteiger partial charge in [0.1, 0.15) is 6.42 Å². The molecule has 0 radical (unpaired) electrons. The van der Waals surface area contributed by atoms with Crippen molar-refractivity contribution in [3.63, 3.8) is 0 Å². The fourth-order valence-electron chi connectivity index (χ4n) is 2.00. The lowest BCUT2D eigenvalue weighted by Gasteiger charge is -2.34. The maximum absolute atomic E-state index is 12.6. The zero-order valence-corrected chi connectivity index (χ0v) is 12.4. The minimum absolute atomic E-state index is 0.630. The van der Waals surface area contributed by atoms with E-state index in [-0.39, 0.29) is 0 Å². The molecule has 2 atom stereocenters. The third-order valence-electron chi connectivity index (χ3n) is 2.86. The molecule has 1 heterocycles. The molecule has 0 aromatic heterocycles. The van der Waals surface area contributed by atoms with E-state index in [2.05, 4.69) is 11.4 Å². The van der Waals surface area contributed by atoms with Crippen LogP contribution in [0.15, 0.2) is 0 Å². The second-order valence-corrected chi connectivity index (χ2v) is 11.6. The molecule has 1 rings (SSSR count). The van der Waals surface area contributed by atoms with Gasteiger partial charge in [-0.1, -0.05) is 13.8 Å². The summed E-state index contributed by atoms with van der Waals surface area (Å²) in [4.78, 5) is 0. The van der Waals surface area contributed by atoms with Crippen molar-refractivity contribution in [2.75, 3.05) is 31.6 Å². The topological polar surface area (TPSA) is 29.5 Å². The highest BCUT2D eigenvalue weighted by Crippen LogP contribution is 2.69. The van der Waals surface area contributed by atoms with Crippen molar-refractivity contribution in [1.29, 1.82) is 0 Å². The van der Waals surface area contributed by atoms with Crippen molar-refractivity contribution >= 4 is 25.5 Å². The van der Waals surface area contributed by atoms with Gasteiger partial charge in [-0.25, -0.2) is 4.44 Å². The zero-order valence-electron chi connectivity index (χ0n) is 9.81. The van der Waals surface area contributed by atoms with Gasteiger partial charge in [0.25, 0.3) is 0 Å². The van der Waals surface area contributed by atoms with Crippen LogP contribution in [0, 0.1) is 0 Å². The Morgan fingerprint density at radius 2 is 2.13 bits per heavy atom. The number of hydrogen-bond donors (Lipinski definition) is 0. The van der Waals surface area contributed by atoms with Crippen LogP contribution < -0.4 is 0 Å². The van der Waals surface area contributed by atoms with Gasteiger partial charge in [-0.05, 0) is 25.2 Å². The molecular formula is C9H21NO2P2S. The highest BCUT2D eigenvalue weighted by atomic mass is 32.4. The van der Waals surface area contributed by atoms with E-state index in [4.69, 9.17) is 16.3 Å². The third kappa shape index (κ3) is 2.73. The van der Waals surface area contributed by atoms with Crippen LogP contribution in [0.5, 0.6) is 0 Å². The summed E-state index contributed by atoms with van der Waals surface area (Å²) in [7, 11) is -2.18. The van der Waals surface area contributed by atoms with Gasteiger partial charge in [0.05, 0.1) is 6.61 Å². The summed E-state index contributed by atoms with van der Waals surface area (Å²) in [6.07, 6.45) is 1.41. The van der Waals surface area contributed by atoms with Crippen LogP contribution in [-0.2, 0) is 20.9 Å². The Hall–Kier alpha value is 0.800. The maximum Gasteiger partial charge on any atom is 0.155 e. The first-order valence-corrected chi connectivity index (χ1v) is 10.5. The van der Waals surface area contributed by atoms with E-state index in [9.17, 15) is 4.57 Å². The predicted molar refractivity (Wildman–Crippen MR) is 70.8 cm³/mol. The highest BCUT2D eigenvalue weighted by Gasteiger charge is 2.41. The smallest absolute Gasteiger partial charge is 0.155 e. The molecule has 1 saturated heterocycles. The van der Waals surface area contributed by atoms with Gasteiger partial charge in [-0.3, -0.25) is 0 Å². The quantitative estimate of drug-likeness (QED) is 0.716. The van der Waals surface area contributed by atoms with Crippen LogP contribution in [0.25, 0.3) is 0 Å². The number of rotatable bonds is 5. The molecule has 2 unspecified atom stereocenters. The van der Waals surface area contributed by atoms with E-state index < -0.39 is 13.7 Å². The van der Waals surface area contributed by atoms with Crippen LogP contribution in [-0.4, -0.2) is 36.1 Å². The molecule has 0 spiro atoms. The molecule has 15 heavy (non-hydrogen) atoms. The molecule has 90 valence electrons. The summed E-state index contributed by atoms with van der Waals surface area (Å²) >= 11 is 5.62. The molecule has 1 fully saturated rings. The van der Waals surface area contributed by atoms with E-state index in [1.807, 2.05) is 13.8 Å². The van der Waals surface area contributed by atoms with E-state index >= 15 is 0 Å². The van der Waals surface area contributed by atoms with E-state index in [0.29, 0.717) is 6.61 Å². The van der Waals surface area contributed by atoms with Gasteiger partial charge >= 0.3 is 0 Å². The first-order chi connectivity index (χ1) is 7.02. The first kappa shape index (κ1) is 13.9. The molecule has 0 N–H and O–H groups in total. The molecule has 1 aliphatic rings. The summed E-state index contributed by atoms with van der Waals surface area (Å²) in [6.45, 7) is 7.51. The van der Waals surface area contributed by atoms with Gasteiger partial charge < -0.3 is 9.09 Å². The second kappa shape index (κ2) is 5.42. The molecule has 6 heteroatoms. The molecule has 0 amide bonds. The van der Waals surface area contributed by atoms with Gasteiger partial charge in [-0.2, -0.15) is 0 Å². The van der Waals surface area contributed by atoms with E-state index in [1.54, 1.807) is 0 Å². The van der Waals surface area contributed by atoms with Crippen molar-refractivity contribution in [2.24, 2.45) is 0 Å². The van der Waals surface area contributed by atoms with Crippen LogP contribution in [0.1, 0.15) is 27.2 Å². The maximum atomic E-state index is 12.6. The Morgan fingerprint density at radius 1 is 1.47 bits per heavy atom. The zero-order chi connectivity index (χ0) is 11.5. The second-order valence-electron chi connectivity index (χ2n) is 3.71. The van der Waals surface area contributed by atoms with Gasteiger partial charge in [-0.15, -0.1) is 0 Å². The normalized spacial score (nSPS) is 31.7. The van der Waals surface area contributed by atoms with E-state index in [1.165, 1.54) is 0 Å². The Bertz CT molecular complexity index is 308. The lowest BCUT2D eigenvalue weighted by molar-refractivity contribution is 0.354. The molecule has 0 aromatic rings. The largest absolute Gasteiger partial charge is 0.338 e. The molecule has 0 aliphatic carbocycles. The van der Waals surface area contributed by atoms with Gasteiger partial charge in [0, 0.05) is 25.0 Å². The molecule has 0 aromatic carbocycles. The fourth-order valence-corrected chi connectivity index (χ4v) is 10.4. The lowest BCUT2D eigenvalue weighted by atomic mass is 10.5. The standard InChI is InChI=1S/C9H21NO2P2S/c1-4-12-14(15,6-3)10-8-7-9-13(10,11)5-2/h4-9H2,1-3H3. The Labute approximate surface area is 98.1 Å². The summed E-state index contributed by atoms with van der Waals surface area (Å²) < 4.78 is 20.4. The summed E-state index contributed by atoms with van der Waals surface area (Å²) in [5.41, 5.74) is 0. The first-order valence-electron chi connectivity index (χ1n) is 5.62. The molecule has 0 bridgehead atoms. The van der Waals surface area contributed by atoms with Crippen LogP contribution in [0.4, 0.5) is 0 Å². The average Bonchev–Trinajstić information content (AvgIpc) is 2.62. The SMILES string of the molecule is CCOP(=S)(CC)N1CCCP1(=O)CC. The predicted octanol–water partition coefficient (Wildman–Crippen LogP) is 3.36. The summed E-state index contributed by atoms with van der Waals surface area (Å²) in [5.74, 6) is 0. The lowest BCUT2D eigenvalue weighted by Crippen LogP contribution is -2.17. The summed E-state index contributed by atoms with van der Waals surface area (Å²) in [5, 5.41) is 0. The van der Waals surface area contributed by atoms with Crippen molar-refractivity contribution in [2.45, 2.75) is 27.2 Å². The van der Waals surface area contributed by atoms with E-state index in [0.717, 1.165) is 31.5 Å². The van der Waals surface area contributed by atoms with Crippen LogP contribution in [0.2, 0.25) is 0 Å². The number of hydrogen-bond acceptors (Lipinski definition) is 3. The van der Waals surface area contributed by atoms with Crippen molar-refractivity contribution in [1.82, 2.24) is 4.44 Å². The summed E-state index contributed by atoms with van der Waals surface area (Å²) in [6, 6.07) is 0.